The van der Waals surface area contributed by atoms with E-state index in [2.05, 4.69) is 0 Å². The molecule has 5 heteroatoms. The number of hydrogen-bond donors (Lipinski definition) is 0. The van der Waals surface area contributed by atoms with E-state index in [1.54, 1.807) is 18.2 Å². The van der Waals surface area contributed by atoms with Crippen molar-refractivity contribution < 1.29 is 17.3 Å². The van der Waals surface area contributed by atoms with Crippen molar-refractivity contribution in [1.29, 1.82) is 0 Å². The van der Waals surface area contributed by atoms with Gasteiger partial charge in [0.15, 0.2) is 0 Å². The van der Waals surface area contributed by atoms with E-state index in [-0.39, 0.29) is 11.5 Å². The van der Waals surface area contributed by atoms with Crippen LogP contribution >= 0.6 is 0 Å². The summed E-state index contributed by atoms with van der Waals surface area (Å²) < 4.78 is 33.1. The number of fused-ring (bicyclic) bond motifs is 1. The molecule has 1 heterocycles. The molecule has 2 rings (SSSR count). The Hall–Kier alpha value is -0.910. The van der Waals surface area contributed by atoms with Gasteiger partial charge in [0.05, 0.1) is 24.7 Å². The molecule has 0 unspecified atom stereocenters. The molecule has 0 radical (unpaired) electrons. The van der Waals surface area contributed by atoms with Crippen LogP contribution in [0, 0.1) is 0 Å². The van der Waals surface area contributed by atoms with Crippen LogP contribution in [0.1, 0.15) is 5.56 Å². The Morgan fingerprint density at radius 1 is 1.14 bits per heavy atom. The Bertz CT molecular complexity index is 424. The lowest BCUT2D eigenvalue weighted by atomic mass is 10.2. The van der Waals surface area contributed by atoms with Crippen molar-refractivity contribution in [3.63, 3.8) is 0 Å². The first kappa shape index (κ1) is 9.64. The molecule has 0 saturated heterocycles. The molecule has 0 bridgehead atoms. The first-order valence-corrected chi connectivity index (χ1v) is 5.66. The van der Waals surface area contributed by atoms with Crippen molar-refractivity contribution >= 4 is 10.1 Å². The van der Waals surface area contributed by atoms with Crippen LogP contribution in [0.5, 0.6) is 0 Å². The average molecular weight is 214 g/mol. The summed E-state index contributed by atoms with van der Waals surface area (Å²) >= 11 is 0. The second-order valence-electron chi connectivity index (χ2n) is 2.94. The fourth-order valence-corrected chi connectivity index (χ4v) is 2.42. The summed E-state index contributed by atoms with van der Waals surface area (Å²) in [5.41, 5.74) is 0.646. The minimum Gasteiger partial charge on any atom is -0.374 e. The third kappa shape index (κ3) is 1.79. The molecule has 1 aromatic carbocycles. The van der Waals surface area contributed by atoms with Gasteiger partial charge in [0.25, 0.3) is 10.1 Å². The largest absolute Gasteiger partial charge is 0.374 e. The highest BCUT2D eigenvalue weighted by Crippen LogP contribution is 2.20. The Morgan fingerprint density at radius 2 is 1.93 bits per heavy atom. The maximum atomic E-state index is 11.6. The molecule has 0 aliphatic carbocycles. The summed E-state index contributed by atoms with van der Waals surface area (Å²) in [6, 6.07) is 6.70. The van der Waals surface area contributed by atoms with Crippen molar-refractivity contribution in [3.8, 4) is 0 Å². The SMILES string of the molecule is O=S1(=O)OCCOCc2ccccc21. The van der Waals surface area contributed by atoms with Crippen molar-refractivity contribution in [2.24, 2.45) is 0 Å². The molecular formula is C9H10O4S. The molecule has 0 N–H and O–H groups in total. The van der Waals surface area contributed by atoms with E-state index in [1.807, 2.05) is 0 Å². The van der Waals surface area contributed by atoms with Gasteiger partial charge in [-0.05, 0) is 11.6 Å². The molecule has 0 atom stereocenters. The second kappa shape index (κ2) is 3.68. The zero-order valence-electron chi connectivity index (χ0n) is 7.47. The van der Waals surface area contributed by atoms with Crippen LogP contribution in [-0.4, -0.2) is 21.6 Å². The van der Waals surface area contributed by atoms with Gasteiger partial charge < -0.3 is 4.74 Å². The summed E-state index contributed by atoms with van der Waals surface area (Å²) in [5, 5.41) is 0. The van der Waals surface area contributed by atoms with E-state index in [0.717, 1.165) is 0 Å². The molecule has 4 nitrogen and oxygen atoms in total. The lowest BCUT2D eigenvalue weighted by Crippen LogP contribution is -2.17. The first-order valence-electron chi connectivity index (χ1n) is 4.25. The Balaban J connectivity index is 2.53. The third-order valence-electron chi connectivity index (χ3n) is 1.97. The molecule has 0 amide bonds. The molecule has 0 spiro atoms. The number of ether oxygens (including phenoxy) is 1. The van der Waals surface area contributed by atoms with E-state index < -0.39 is 10.1 Å². The average Bonchev–Trinajstić information content (AvgIpc) is 2.15. The number of rotatable bonds is 0. The van der Waals surface area contributed by atoms with Gasteiger partial charge in [0.1, 0.15) is 0 Å². The summed E-state index contributed by atoms with van der Waals surface area (Å²) in [6.07, 6.45) is 0. The van der Waals surface area contributed by atoms with Crippen molar-refractivity contribution in [2.75, 3.05) is 13.2 Å². The van der Waals surface area contributed by atoms with Crippen molar-refractivity contribution in [2.45, 2.75) is 11.5 Å². The van der Waals surface area contributed by atoms with E-state index in [4.69, 9.17) is 8.92 Å². The maximum absolute atomic E-state index is 11.6. The fourth-order valence-electron chi connectivity index (χ4n) is 1.32. The van der Waals surface area contributed by atoms with Crippen LogP contribution in [-0.2, 0) is 25.6 Å². The number of hydrogen-bond acceptors (Lipinski definition) is 4. The van der Waals surface area contributed by atoms with Gasteiger partial charge in [0, 0.05) is 0 Å². The van der Waals surface area contributed by atoms with E-state index in [0.29, 0.717) is 18.8 Å². The summed E-state index contributed by atoms with van der Waals surface area (Å²) in [7, 11) is -3.58. The molecular weight excluding hydrogens is 204 g/mol. The molecule has 76 valence electrons. The van der Waals surface area contributed by atoms with Gasteiger partial charge in [-0.2, -0.15) is 8.42 Å². The minimum atomic E-state index is -3.58. The Morgan fingerprint density at radius 3 is 2.79 bits per heavy atom. The predicted octanol–water partition coefficient (Wildman–Crippen LogP) is 0.922. The van der Waals surface area contributed by atoms with Crippen LogP contribution in [0.25, 0.3) is 0 Å². The van der Waals surface area contributed by atoms with Gasteiger partial charge in [-0.3, -0.25) is 4.18 Å². The first-order chi connectivity index (χ1) is 6.70. The van der Waals surface area contributed by atoms with Gasteiger partial charge in [-0.15, -0.1) is 0 Å². The molecule has 0 fully saturated rings. The molecule has 0 aromatic heterocycles. The molecule has 0 saturated carbocycles. The van der Waals surface area contributed by atoms with Crippen molar-refractivity contribution in [3.05, 3.63) is 29.8 Å². The van der Waals surface area contributed by atoms with Crippen LogP contribution in [0.4, 0.5) is 0 Å². The highest BCUT2D eigenvalue weighted by atomic mass is 32.2. The summed E-state index contributed by atoms with van der Waals surface area (Å²) in [4.78, 5) is 0.208. The van der Waals surface area contributed by atoms with E-state index in [1.165, 1.54) is 6.07 Å². The normalized spacial score (nSPS) is 20.6. The maximum Gasteiger partial charge on any atom is 0.297 e. The van der Waals surface area contributed by atoms with Gasteiger partial charge in [0.2, 0.25) is 0 Å². The summed E-state index contributed by atoms with van der Waals surface area (Å²) in [6.45, 7) is 0.697. The highest BCUT2D eigenvalue weighted by molar-refractivity contribution is 7.86. The third-order valence-corrected chi connectivity index (χ3v) is 3.38. The predicted molar refractivity (Wildman–Crippen MR) is 49.2 cm³/mol. The van der Waals surface area contributed by atoms with Crippen LogP contribution in [0.3, 0.4) is 0 Å². The molecule has 14 heavy (non-hydrogen) atoms. The van der Waals surface area contributed by atoms with Gasteiger partial charge >= 0.3 is 0 Å². The van der Waals surface area contributed by atoms with Gasteiger partial charge in [-0.25, -0.2) is 0 Å². The van der Waals surface area contributed by atoms with E-state index >= 15 is 0 Å². The Labute approximate surface area is 82.6 Å². The second-order valence-corrected chi connectivity index (χ2v) is 4.52. The molecule has 1 aliphatic heterocycles. The highest BCUT2D eigenvalue weighted by Gasteiger charge is 2.20. The number of benzene rings is 1. The molecule has 1 aromatic rings. The lowest BCUT2D eigenvalue weighted by molar-refractivity contribution is 0.0844. The van der Waals surface area contributed by atoms with Crippen molar-refractivity contribution in [1.82, 2.24) is 0 Å². The fraction of sp³-hybridized carbons (Fsp3) is 0.333. The summed E-state index contributed by atoms with van der Waals surface area (Å²) in [5.74, 6) is 0. The minimum absolute atomic E-state index is 0.0800. The Kier molecular flexibility index (Phi) is 2.54. The van der Waals surface area contributed by atoms with Crippen LogP contribution in [0.2, 0.25) is 0 Å². The van der Waals surface area contributed by atoms with Crippen LogP contribution < -0.4 is 0 Å². The van der Waals surface area contributed by atoms with Crippen LogP contribution in [0.15, 0.2) is 29.2 Å². The van der Waals surface area contributed by atoms with Gasteiger partial charge in [-0.1, -0.05) is 18.2 Å². The van der Waals surface area contributed by atoms with E-state index in [9.17, 15) is 8.42 Å². The quantitative estimate of drug-likeness (QED) is 0.603. The standard InChI is InChI=1S/C9H10O4S/c10-14(11)9-4-2-1-3-8(9)7-12-5-6-13-14/h1-4H,5-7H2. The lowest BCUT2D eigenvalue weighted by Gasteiger charge is -2.14. The monoisotopic (exact) mass is 214 g/mol. The topological polar surface area (TPSA) is 52.6 Å². The smallest absolute Gasteiger partial charge is 0.297 e. The zero-order chi connectivity index (χ0) is 10.0. The molecule has 1 aliphatic rings. The zero-order valence-corrected chi connectivity index (χ0v) is 8.29.